The maximum absolute atomic E-state index is 13.0. The number of carbonyl (C=O) groups is 1. The molecule has 0 N–H and O–H groups in total. The second-order valence-corrected chi connectivity index (χ2v) is 11.4. The monoisotopic (exact) mass is 524 g/mol. The Hall–Kier alpha value is -2.33. The quantitative estimate of drug-likeness (QED) is 0.0708. The van der Waals surface area contributed by atoms with E-state index in [9.17, 15) is 4.79 Å². The molecule has 212 valence electrons. The Morgan fingerprint density at radius 2 is 1.29 bits per heavy atom. The molecular weight excluding hydrogens is 470 g/mol. The van der Waals surface area contributed by atoms with Gasteiger partial charge in [0.25, 0.3) is 0 Å². The molecule has 0 saturated heterocycles. The highest BCUT2D eigenvalue weighted by molar-refractivity contribution is 5.74. The smallest absolute Gasteiger partial charge is 0.367 e. The lowest BCUT2D eigenvalue weighted by molar-refractivity contribution is -0.920. The van der Waals surface area contributed by atoms with Crippen LogP contribution in [0, 0.1) is 0 Å². The van der Waals surface area contributed by atoms with Gasteiger partial charge >= 0.3 is 5.97 Å². The van der Waals surface area contributed by atoms with Crippen LogP contribution >= 0.6 is 0 Å². The maximum Gasteiger partial charge on any atom is 0.367 e. The molecule has 1 atom stereocenters. The van der Waals surface area contributed by atoms with E-state index in [-0.39, 0.29) is 18.8 Å². The van der Waals surface area contributed by atoms with Crippen LogP contribution in [0.3, 0.4) is 0 Å². The fourth-order valence-electron chi connectivity index (χ4n) is 5.19. The molecule has 0 saturated carbocycles. The largest absolute Gasteiger partial charge is 0.457 e. The van der Waals surface area contributed by atoms with Crippen molar-refractivity contribution >= 4 is 5.97 Å². The van der Waals surface area contributed by atoms with Crippen LogP contribution in [0.15, 0.2) is 54.6 Å². The number of carbonyl (C=O) groups excluding carboxylic acids is 1. The van der Waals surface area contributed by atoms with Crippen LogP contribution < -0.4 is 4.74 Å². The number of ether oxygens (including phenoxy) is 2. The second-order valence-electron chi connectivity index (χ2n) is 11.4. The Morgan fingerprint density at radius 3 is 1.87 bits per heavy atom. The van der Waals surface area contributed by atoms with Gasteiger partial charge in [0, 0.05) is 12.0 Å². The van der Waals surface area contributed by atoms with Crippen LogP contribution in [0.4, 0.5) is 0 Å². The molecule has 2 aromatic carbocycles. The van der Waals surface area contributed by atoms with Crippen molar-refractivity contribution in [3.05, 3.63) is 65.7 Å². The Kier molecular flexibility index (Phi) is 15.8. The summed E-state index contributed by atoms with van der Waals surface area (Å²) < 4.78 is 11.9. The number of esters is 1. The lowest BCUT2D eigenvalue weighted by Crippen LogP contribution is -2.53. The molecule has 0 radical (unpaired) electrons. The van der Waals surface area contributed by atoms with Crippen LogP contribution in [0.2, 0.25) is 0 Å². The summed E-state index contributed by atoms with van der Waals surface area (Å²) in [6.07, 6.45) is 17.9. The molecule has 38 heavy (non-hydrogen) atoms. The van der Waals surface area contributed by atoms with Gasteiger partial charge in [-0.05, 0) is 37.0 Å². The van der Waals surface area contributed by atoms with E-state index in [0.717, 1.165) is 31.6 Å². The molecule has 0 bridgehead atoms. The van der Waals surface area contributed by atoms with Gasteiger partial charge in [-0.3, -0.25) is 0 Å². The number of benzene rings is 2. The fraction of sp³-hybridized carbons (Fsp3) is 0.618. The SMILES string of the molecule is CCCCCCCCCCCCCc1ccc(OCOC(=O)C(CCC)[N+](C)(C)Cc2ccccc2)cc1. The first-order valence-electron chi connectivity index (χ1n) is 15.2. The average Bonchev–Trinajstić information content (AvgIpc) is 2.91. The Bertz CT molecular complexity index is 863. The lowest BCUT2D eigenvalue weighted by atomic mass is 10.0. The minimum Gasteiger partial charge on any atom is -0.457 e. The molecule has 0 amide bonds. The lowest BCUT2D eigenvalue weighted by Gasteiger charge is -2.36. The highest BCUT2D eigenvalue weighted by Gasteiger charge is 2.35. The predicted molar refractivity (Wildman–Crippen MR) is 159 cm³/mol. The third-order valence-electron chi connectivity index (χ3n) is 7.53. The number of hydrogen-bond acceptors (Lipinski definition) is 3. The summed E-state index contributed by atoms with van der Waals surface area (Å²) in [7, 11) is 4.20. The van der Waals surface area contributed by atoms with Crippen molar-refractivity contribution in [2.45, 2.75) is 116 Å². The van der Waals surface area contributed by atoms with Gasteiger partial charge in [-0.2, -0.15) is 0 Å². The fourth-order valence-corrected chi connectivity index (χ4v) is 5.19. The number of aryl methyl sites for hydroxylation is 1. The van der Waals surface area contributed by atoms with Gasteiger partial charge in [0.15, 0.2) is 6.04 Å². The van der Waals surface area contributed by atoms with Gasteiger partial charge in [0.2, 0.25) is 6.79 Å². The molecular formula is C34H54NO3+. The number of likely N-dealkylation sites (N-methyl/N-ethyl adjacent to an activating group) is 1. The molecule has 0 spiro atoms. The van der Waals surface area contributed by atoms with E-state index in [0.29, 0.717) is 4.48 Å². The van der Waals surface area contributed by atoms with Gasteiger partial charge in [0.1, 0.15) is 12.3 Å². The average molecular weight is 525 g/mol. The molecule has 1 unspecified atom stereocenters. The molecule has 0 aliphatic rings. The van der Waals surface area contributed by atoms with E-state index in [1.54, 1.807) is 0 Å². The number of quaternary nitrogens is 1. The van der Waals surface area contributed by atoms with Gasteiger partial charge < -0.3 is 14.0 Å². The Morgan fingerprint density at radius 1 is 0.711 bits per heavy atom. The van der Waals surface area contributed by atoms with Crippen molar-refractivity contribution < 1.29 is 18.8 Å². The zero-order chi connectivity index (χ0) is 27.5. The van der Waals surface area contributed by atoms with E-state index < -0.39 is 0 Å². The number of hydrogen-bond donors (Lipinski definition) is 0. The summed E-state index contributed by atoms with van der Waals surface area (Å²) in [5, 5.41) is 0. The summed E-state index contributed by atoms with van der Waals surface area (Å²) in [5.41, 5.74) is 2.56. The first kappa shape index (κ1) is 31.9. The second kappa shape index (κ2) is 18.8. The first-order chi connectivity index (χ1) is 18.5. The normalized spacial score (nSPS) is 12.3. The Balaban J connectivity index is 1.64. The van der Waals surface area contributed by atoms with Crippen LogP contribution in [0.5, 0.6) is 5.75 Å². The first-order valence-corrected chi connectivity index (χ1v) is 15.2. The van der Waals surface area contributed by atoms with Crippen LogP contribution in [0.1, 0.15) is 108 Å². The van der Waals surface area contributed by atoms with E-state index >= 15 is 0 Å². The molecule has 0 fully saturated rings. The van der Waals surface area contributed by atoms with Gasteiger partial charge in [-0.1, -0.05) is 121 Å². The zero-order valence-electron chi connectivity index (χ0n) is 24.8. The summed E-state index contributed by atoms with van der Waals surface area (Å²) in [5.74, 6) is 0.548. The minimum atomic E-state index is -0.225. The van der Waals surface area contributed by atoms with Crippen molar-refractivity contribution in [3.8, 4) is 5.75 Å². The highest BCUT2D eigenvalue weighted by atomic mass is 16.7. The molecule has 4 nitrogen and oxygen atoms in total. The number of nitrogens with zero attached hydrogens (tertiary/aromatic N) is 1. The summed E-state index contributed by atoms with van der Waals surface area (Å²) >= 11 is 0. The number of unbranched alkanes of at least 4 members (excludes halogenated alkanes) is 10. The topological polar surface area (TPSA) is 35.5 Å². The molecule has 0 heterocycles. The molecule has 2 rings (SSSR count). The minimum absolute atomic E-state index is 0.0532. The number of rotatable bonds is 21. The van der Waals surface area contributed by atoms with Crippen molar-refractivity contribution in [2.24, 2.45) is 0 Å². The van der Waals surface area contributed by atoms with E-state index in [1.807, 2.05) is 30.3 Å². The highest BCUT2D eigenvalue weighted by Crippen LogP contribution is 2.20. The molecule has 0 aliphatic carbocycles. The third-order valence-corrected chi connectivity index (χ3v) is 7.53. The molecule has 4 heteroatoms. The standard InChI is InChI=1S/C34H54NO3/c1-5-7-8-9-10-11-12-13-14-15-17-21-30-24-26-32(27-25-30)37-29-38-34(36)33(20-6-2)35(3,4)28-31-22-18-16-19-23-31/h16,18-19,22-27,33H,5-15,17,20-21,28-29H2,1-4H3/q+1. The molecule has 0 aliphatic heterocycles. The van der Waals surface area contributed by atoms with Crippen LogP contribution in [0.25, 0.3) is 0 Å². The van der Waals surface area contributed by atoms with Crippen molar-refractivity contribution in [3.63, 3.8) is 0 Å². The molecule has 0 aromatic heterocycles. The van der Waals surface area contributed by atoms with E-state index in [2.05, 4.69) is 52.2 Å². The van der Waals surface area contributed by atoms with E-state index in [4.69, 9.17) is 9.47 Å². The Labute approximate surface area is 233 Å². The zero-order valence-corrected chi connectivity index (χ0v) is 24.8. The summed E-state index contributed by atoms with van der Waals surface area (Å²) in [6, 6.07) is 18.3. The third kappa shape index (κ3) is 13.0. The van der Waals surface area contributed by atoms with Gasteiger partial charge in [0.05, 0.1) is 14.1 Å². The predicted octanol–water partition coefficient (Wildman–Crippen LogP) is 8.86. The van der Waals surface area contributed by atoms with Gasteiger partial charge in [-0.15, -0.1) is 0 Å². The van der Waals surface area contributed by atoms with Crippen molar-refractivity contribution in [2.75, 3.05) is 20.9 Å². The summed E-state index contributed by atoms with van der Waals surface area (Å²) in [4.78, 5) is 13.0. The van der Waals surface area contributed by atoms with Crippen LogP contribution in [-0.4, -0.2) is 37.4 Å². The van der Waals surface area contributed by atoms with Crippen LogP contribution in [-0.2, 0) is 22.5 Å². The van der Waals surface area contributed by atoms with Crippen molar-refractivity contribution in [1.82, 2.24) is 0 Å². The van der Waals surface area contributed by atoms with Gasteiger partial charge in [-0.25, -0.2) is 4.79 Å². The van der Waals surface area contributed by atoms with E-state index in [1.165, 1.54) is 81.8 Å². The van der Waals surface area contributed by atoms with Crippen molar-refractivity contribution in [1.29, 1.82) is 0 Å². The molecule has 2 aromatic rings. The summed E-state index contributed by atoms with van der Waals surface area (Å²) in [6.45, 7) is 5.11. The maximum atomic E-state index is 13.0.